The van der Waals surface area contributed by atoms with Gasteiger partial charge in [-0.25, -0.2) is 14.4 Å². The Morgan fingerprint density at radius 3 is 1.91 bits per heavy atom. The molecule has 3 N–H and O–H groups in total. The number of aromatic nitrogens is 4. The summed E-state index contributed by atoms with van der Waals surface area (Å²) in [6.45, 7) is 1.97. The zero-order chi connectivity index (χ0) is 23.6. The first-order valence-corrected chi connectivity index (χ1v) is 12.6. The Balaban J connectivity index is 1.12. The Morgan fingerprint density at radius 2 is 1.37 bits per heavy atom. The molecule has 2 aliphatic heterocycles. The van der Waals surface area contributed by atoms with E-state index < -0.39 is 0 Å². The van der Waals surface area contributed by atoms with Gasteiger partial charge in [-0.2, -0.15) is 0 Å². The third kappa shape index (κ3) is 4.76. The fourth-order valence-corrected chi connectivity index (χ4v) is 5.15. The Bertz CT molecular complexity index is 1350. The predicted octanol–water partition coefficient (Wildman–Crippen LogP) is 5.58. The van der Waals surface area contributed by atoms with Crippen LogP contribution in [0, 0.1) is 11.8 Å². The largest absolute Gasteiger partial charge is 0.341 e. The minimum absolute atomic E-state index is 0.168. The molecule has 176 valence electrons. The molecule has 0 radical (unpaired) electrons. The van der Waals surface area contributed by atoms with Crippen molar-refractivity contribution in [2.75, 3.05) is 13.1 Å². The van der Waals surface area contributed by atoms with E-state index in [1.54, 1.807) is 0 Å². The number of hydrogen-bond donors (Lipinski definition) is 3. The number of aromatic amines is 2. The molecule has 7 heteroatoms. The second kappa shape index (κ2) is 9.71. The molecule has 0 amide bonds. The van der Waals surface area contributed by atoms with Crippen molar-refractivity contribution in [3.05, 3.63) is 83.7 Å². The van der Waals surface area contributed by atoms with Gasteiger partial charge in [0.25, 0.3) is 0 Å². The van der Waals surface area contributed by atoms with Crippen LogP contribution in [0.15, 0.2) is 60.9 Å². The second-order valence-electron chi connectivity index (χ2n) is 9.20. The molecule has 4 aromatic rings. The highest BCUT2D eigenvalue weighted by molar-refractivity contribution is 6.13. The highest BCUT2D eigenvalue weighted by Crippen LogP contribution is 2.32. The molecule has 2 saturated heterocycles. The second-order valence-corrected chi connectivity index (χ2v) is 9.63. The molecule has 2 atom stereocenters. The normalized spacial score (nSPS) is 20.1. The Hall–Kier alpha value is -3.37. The molecule has 6 rings (SSSR count). The standard InChI is InChI=1S/C28H27ClN6/c29-35-16-2-4-26(35)28-32-18-25(34-28)22-13-9-20(10-14-22)6-5-19-7-11-21(12-8-19)24-17-31-27(33-24)23-3-1-15-30-23/h7-14,17-18,23,26,30H,1-4,15-16H2,(H,31,33)(H,32,34)/t23-,26-/m0/s1. The maximum absolute atomic E-state index is 6.29. The number of hydrogen-bond acceptors (Lipinski definition) is 4. The van der Waals surface area contributed by atoms with E-state index in [2.05, 4.69) is 73.5 Å². The fraction of sp³-hybridized carbons (Fsp3) is 0.286. The molecular formula is C28H27ClN6. The molecule has 0 aliphatic carbocycles. The number of halogens is 1. The zero-order valence-electron chi connectivity index (χ0n) is 19.4. The topological polar surface area (TPSA) is 72.6 Å². The quantitative estimate of drug-likeness (QED) is 0.262. The van der Waals surface area contributed by atoms with Crippen molar-refractivity contribution in [1.29, 1.82) is 0 Å². The fourth-order valence-electron chi connectivity index (χ4n) is 4.84. The van der Waals surface area contributed by atoms with Gasteiger partial charge in [0.05, 0.1) is 35.9 Å². The summed E-state index contributed by atoms with van der Waals surface area (Å²) in [5, 5.41) is 3.48. The lowest BCUT2D eigenvalue weighted by molar-refractivity contribution is 0.420. The van der Waals surface area contributed by atoms with Gasteiger partial charge in [-0.1, -0.05) is 36.1 Å². The third-order valence-corrected chi connectivity index (χ3v) is 7.23. The van der Waals surface area contributed by atoms with E-state index in [0.29, 0.717) is 6.04 Å². The van der Waals surface area contributed by atoms with Crippen LogP contribution >= 0.6 is 11.8 Å². The van der Waals surface area contributed by atoms with E-state index in [4.69, 9.17) is 11.8 Å². The first-order valence-electron chi connectivity index (χ1n) is 12.2. The number of nitrogens with zero attached hydrogens (tertiary/aromatic N) is 3. The lowest BCUT2D eigenvalue weighted by atomic mass is 10.1. The van der Waals surface area contributed by atoms with Gasteiger partial charge in [0.2, 0.25) is 0 Å². The summed E-state index contributed by atoms with van der Waals surface area (Å²) < 4.78 is 1.84. The predicted molar refractivity (Wildman–Crippen MR) is 139 cm³/mol. The molecule has 35 heavy (non-hydrogen) atoms. The minimum atomic E-state index is 0.168. The van der Waals surface area contributed by atoms with Crippen molar-refractivity contribution >= 4 is 11.8 Å². The van der Waals surface area contributed by atoms with Gasteiger partial charge in [-0.05, 0) is 79.4 Å². The summed E-state index contributed by atoms with van der Waals surface area (Å²) in [4.78, 5) is 16.0. The number of imidazole rings is 2. The molecule has 0 saturated carbocycles. The van der Waals surface area contributed by atoms with E-state index in [9.17, 15) is 0 Å². The smallest absolute Gasteiger partial charge is 0.125 e. The maximum atomic E-state index is 6.29. The van der Waals surface area contributed by atoms with E-state index in [1.165, 1.54) is 6.42 Å². The molecule has 0 bridgehead atoms. The van der Waals surface area contributed by atoms with Crippen molar-refractivity contribution in [2.24, 2.45) is 0 Å². The minimum Gasteiger partial charge on any atom is -0.341 e. The highest BCUT2D eigenvalue weighted by Gasteiger charge is 2.27. The first-order chi connectivity index (χ1) is 17.2. The molecule has 2 aromatic carbocycles. The molecule has 0 spiro atoms. The van der Waals surface area contributed by atoms with Gasteiger partial charge in [0.15, 0.2) is 0 Å². The summed E-state index contributed by atoms with van der Waals surface area (Å²) in [5.74, 6) is 8.49. The van der Waals surface area contributed by atoms with Gasteiger partial charge in [0, 0.05) is 17.7 Å². The Kier molecular flexibility index (Phi) is 6.13. The summed E-state index contributed by atoms with van der Waals surface area (Å²) in [6.07, 6.45) is 8.27. The SMILES string of the molecule is ClN1CCC[C@H]1c1ncc(-c2ccc(C#Cc3ccc(-c4cnc([C@@H]5CCCN5)[nH]4)cc3)cc2)[nH]1. The van der Waals surface area contributed by atoms with Crippen molar-refractivity contribution in [3.63, 3.8) is 0 Å². The molecule has 2 fully saturated rings. The molecule has 4 heterocycles. The van der Waals surface area contributed by atoms with Gasteiger partial charge in [-0.3, -0.25) is 0 Å². The average molecular weight is 483 g/mol. The van der Waals surface area contributed by atoms with E-state index >= 15 is 0 Å². The van der Waals surface area contributed by atoms with Crippen molar-refractivity contribution < 1.29 is 0 Å². The van der Waals surface area contributed by atoms with Crippen LogP contribution in [0.2, 0.25) is 0 Å². The van der Waals surface area contributed by atoms with Crippen molar-refractivity contribution in [1.82, 2.24) is 29.7 Å². The van der Waals surface area contributed by atoms with Crippen LogP contribution in [0.3, 0.4) is 0 Å². The van der Waals surface area contributed by atoms with Gasteiger partial charge < -0.3 is 15.3 Å². The molecule has 2 aliphatic rings. The summed E-state index contributed by atoms with van der Waals surface area (Å²) in [6, 6.07) is 17.1. The lowest BCUT2D eigenvalue weighted by Gasteiger charge is -2.13. The van der Waals surface area contributed by atoms with E-state index in [0.717, 1.165) is 77.6 Å². The summed E-state index contributed by atoms with van der Waals surface area (Å²) in [5.41, 5.74) is 6.20. The number of benzene rings is 2. The first kappa shape index (κ1) is 22.1. The lowest BCUT2D eigenvalue weighted by Crippen LogP contribution is -2.14. The van der Waals surface area contributed by atoms with Crippen molar-refractivity contribution in [2.45, 2.75) is 37.8 Å². The Morgan fingerprint density at radius 1 is 0.771 bits per heavy atom. The van der Waals surface area contributed by atoms with Crippen LogP contribution in [-0.4, -0.2) is 37.4 Å². The highest BCUT2D eigenvalue weighted by atomic mass is 35.5. The van der Waals surface area contributed by atoms with E-state index in [-0.39, 0.29) is 6.04 Å². The third-order valence-electron chi connectivity index (χ3n) is 6.83. The molecule has 6 nitrogen and oxygen atoms in total. The summed E-state index contributed by atoms with van der Waals surface area (Å²) in [7, 11) is 0. The number of nitrogens with one attached hydrogen (secondary N) is 3. The Labute approximate surface area is 210 Å². The molecule has 2 aromatic heterocycles. The van der Waals surface area contributed by atoms with E-state index in [1.807, 2.05) is 28.9 Å². The van der Waals surface area contributed by atoms with Crippen LogP contribution in [0.5, 0.6) is 0 Å². The van der Waals surface area contributed by atoms with Crippen LogP contribution in [0.1, 0.15) is 60.5 Å². The monoisotopic (exact) mass is 482 g/mol. The zero-order valence-corrected chi connectivity index (χ0v) is 20.1. The van der Waals surface area contributed by atoms with Crippen LogP contribution in [-0.2, 0) is 0 Å². The van der Waals surface area contributed by atoms with Crippen LogP contribution < -0.4 is 5.32 Å². The number of rotatable bonds is 4. The molecule has 0 unspecified atom stereocenters. The maximum Gasteiger partial charge on any atom is 0.125 e. The molecular weight excluding hydrogens is 456 g/mol. The average Bonchev–Trinajstić information content (AvgIpc) is 3.70. The van der Waals surface area contributed by atoms with Crippen LogP contribution in [0.25, 0.3) is 22.5 Å². The summed E-state index contributed by atoms with van der Waals surface area (Å²) >= 11 is 6.29. The van der Waals surface area contributed by atoms with Crippen LogP contribution in [0.4, 0.5) is 0 Å². The van der Waals surface area contributed by atoms with Gasteiger partial charge in [-0.15, -0.1) is 0 Å². The van der Waals surface area contributed by atoms with Crippen molar-refractivity contribution in [3.8, 4) is 34.4 Å². The van der Waals surface area contributed by atoms with Gasteiger partial charge >= 0.3 is 0 Å². The number of H-pyrrole nitrogens is 2. The van der Waals surface area contributed by atoms with Gasteiger partial charge in [0.1, 0.15) is 11.6 Å².